The summed E-state index contributed by atoms with van der Waals surface area (Å²) < 4.78 is 2.05. The van der Waals surface area contributed by atoms with Gasteiger partial charge in [0.05, 0.1) is 18.1 Å². The molecule has 1 aliphatic rings. The van der Waals surface area contributed by atoms with Crippen molar-refractivity contribution >= 4 is 34.5 Å². The Labute approximate surface area is 162 Å². The number of nitrogens with zero attached hydrogens (tertiary/aromatic N) is 2. The summed E-state index contributed by atoms with van der Waals surface area (Å²) in [7, 11) is 0. The second-order valence-corrected chi connectivity index (χ2v) is 7.14. The molecule has 1 saturated carbocycles. The van der Waals surface area contributed by atoms with Crippen molar-refractivity contribution in [2.45, 2.75) is 25.8 Å². The molecule has 0 unspecified atom stereocenters. The molecular formula is C22H21N3O3. The van der Waals surface area contributed by atoms with Gasteiger partial charge in [-0.2, -0.15) is 5.10 Å². The minimum absolute atomic E-state index is 0.137. The summed E-state index contributed by atoms with van der Waals surface area (Å²) in [5.41, 5.74) is 3.10. The number of nitrogens with one attached hydrogen (secondary N) is 1. The lowest BCUT2D eigenvalue weighted by molar-refractivity contribution is -0.136. The molecule has 1 amide bonds. The van der Waals surface area contributed by atoms with Crippen LogP contribution in [0.4, 0.5) is 5.69 Å². The zero-order valence-corrected chi connectivity index (χ0v) is 15.3. The first-order valence-electron chi connectivity index (χ1n) is 9.33. The topological polar surface area (TPSA) is 84.2 Å². The van der Waals surface area contributed by atoms with E-state index in [4.69, 9.17) is 5.11 Å². The maximum atomic E-state index is 12.3. The van der Waals surface area contributed by atoms with E-state index in [0.29, 0.717) is 11.3 Å². The largest absolute Gasteiger partial charge is 0.481 e. The van der Waals surface area contributed by atoms with Crippen LogP contribution in [0.1, 0.15) is 24.0 Å². The molecule has 0 radical (unpaired) electrons. The number of hydrogen-bond donors (Lipinski definition) is 2. The highest BCUT2D eigenvalue weighted by Gasteiger charge is 2.22. The monoisotopic (exact) mass is 375 g/mol. The maximum absolute atomic E-state index is 12.3. The average Bonchev–Trinajstić information content (AvgIpc) is 3.40. The van der Waals surface area contributed by atoms with E-state index in [-0.39, 0.29) is 12.3 Å². The van der Waals surface area contributed by atoms with Crippen LogP contribution in [-0.4, -0.2) is 26.8 Å². The van der Waals surface area contributed by atoms with E-state index >= 15 is 0 Å². The Morgan fingerprint density at radius 1 is 1.21 bits per heavy atom. The van der Waals surface area contributed by atoms with Gasteiger partial charge in [-0.1, -0.05) is 24.3 Å². The van der Waals surface area contributed by atoms with Crippen LogP contribution in [0.25, 0.3) is 17.0 Å². The first kappa shape index (κ1) is 18.0. The first-order valence-corrected chi connectivity index (χ1v) is 9.33. The number of hydrogen-bond acceptors (Lipinski definition) is 3. The molecule has 0 aliphatic heterocycles. The zero-order valence-electron chi connectivity index (χ0n) is 15.3. The van der Waals surface area contributed by atoms with E-state index in [1.807, 2.05) is 29.1 Å². The maximum Gasteiger partial charge on any atom is 0.307 e. The molecule has 0 spiro atoms. The molecule has 0 atom stereocenters. The van der Waals surface area contributed by atoms with Crippen molar-refractivity contribution in [3.05, 3.63) is 65.9 Å². The summed E-state index contributed by atoms with van der Waals surface area (Å²) in [6, 6.07) is 12.9. The molecule has 1 aromatic heterocycles. The summed E-state index contributed by atoms with van der Waals surface area (Å²) in [4.78, 5) is 23.2. The van der Waals surface area contributed by atoms with Crippen LogP contribution < -0.4 is 5.32 Å². The zero-order chi connectivity index (χ0) is 19.5. The number of aromatic nitrogens is 2. The van der Waals surface area contributed by atoms with Crippen molar-refractivity contribution in [1.29, 1.82) is 0 Å². The fourth-order valence-electron chi connectivity index (χ4n) is 3.21. The molecule has 6 nitrogen and oxygen atoms in total. The fraction of sp³-hybridized carbons (Fsp3) is 0.227. The minimum atomic E-state index is -0.937. The van der Waals surface area contributed by atoms with Gasteiger partial charge in [0.1, 0.15) is 0 Å². The van der Waals surface area contributed by atoms with Gasteiger partial charge < -0.3 is 10.4 Å². The van der Waals surface area contributed by atoms with Crippen LogP contribution in [0, 0.1) is 5.92 Å². The van der Waals surface area contributed by atoms with Gasteiger partial charge in [-0.05, 0) is 54.2 Å². The molecule has 142 valence electrons. The molecule has 1 fully saturated rings. The Balaban J connectivity index is 1.45. The van der Waals surface area contributed by atoms with Crippen LogP contribution in [0.15, 0.2) is 54.7 Å². The Morgan fingerprint density at radius 2 is 2.04 bits per heavy atom. The highest BCUT2D eigenvalue weighted by atomic mass is 16.4. The minimum Gasteiger partial charge on any atom is -0.481 e. The third-order valence-electron chi connectivity index (χ3n) is 4.84. The number of fused-ring (bicyclic) bond motifs is 1. The van der Waals surface area contributed by atoms with Crippen LogP contribution in [-0.2, 0) is 22.6 Å². The van der Waals surface area contributed by atoms with Crippen LogP contribution in [0.5, 0.6) is 0 Å². The van der Waals surface area contributed by atoms with Crippen molar-refractivity contribution in [2.75, 3.05) is 5.32 Å². The average molecular weight is 375 g/mol. The standard InChI is InChI=1S/C22H21N3O3/c26-21(24-19-4-2-1-3-17(19)12-22(27)28)10-8-15-7-9-20-18(11-15)13-23-25(20)14-16-5-6-16/h1-4,7-11,13,16H,5-6,12,14H2,(H,24,26)(H,27,28)/b10-8+. The Kier molecular flexibility index (Phi) is 4.93. The predicted molar refractivity (Wildman–Crippen MR) is 108 cm³/mol. The Morgan fingerprint density at radius 3 is 2.82 bits per heavy atom. The molecular weight excluding hydrogens is 354 g/mol. The highest BCUT2D eigenvalue weighted by molar-refractivity contribution is 6.02. The summed E-state index contributed by atoms with van der Waals surface area (Å²) >= 11 is 0. The second-order valence-electron chi connectivity index (χ2n) is 7.14. The number of amides is 1. The third kappa shape index (κ3) is 4.28. The number of carboxylic acids is 1. The van der Waals surface area contributed by atoms with E-state index in [1.165, 1.54) is 18.9 Å². The van der Waals surface area contributed by atoms with Crippen molar-refractivity contribution in [3.63, 3.8) is 0 Å². The highest BCUT2D eigenvalue weighted by Crippen LogP contribution is 2.31. The molecule has 4 rings (SSSR count). The van der Waals surface area contributed by atoms with E-state index in [1.54, 1.807) is 30.3 Å². The molecule has 2 N–H and O–H groups in total. The molecule has 0 bridgehead atoms. The molecule has 3 aromatic rings. The van der Waals surface area contributed by atoms with E-state index < -0.39 is 5.97 Å². The van der Waals surface area contributed by atoms with E-state index in [0.717, 1.165) is 28.9 Å². The fourth-order valence-corrected chi connectivity index (χ4v) is 3.21. The van der Waals surface area contributed by atoms with E-state index in [9.17, 15) is 9.59 Å². The Hall–Kier alpha value is -3.41. The normalized spacial score (nSPS) is 13.9. The number of carbonyl (C=O) groups is 2. The van der Waals surface area contributed by atoms with Crippen LogP contribution in [0.3, 0.4) is 0 Å². The predicted octanol–water partition coefficient (Wildman–Crippen LogP) is 3.73. The summed E-state index contributed by atoms with van der Waals surface area (Å²) in [6.45, 7) is 0.969. The molecule has 28 heavy (non-hydrogen) atoms. The van der Waals surface area contributed by atoms with Gasteiger partial charge in [-0.3, -0.25) is 14.3 Å². The number of benzene rings is 2. The third-order valence-corrected chi connectivity index (χ3v) is 4.84. The first-order chi connectivity index (χ1) is 13.6. The SMILES string of the molecule is O=C(O)Cc1ccccc1NC(=O)/C=C/c1ccc2c(cnn2CC2CC2)c1. The summed E-state index contributed by atoms with van der Waals surface area (Å²) in [5.74, 6) is -0.481. The van der Waals surface area contributed by atoms with Gasteiger partial charge >= 0.3 is 5.97 Å². The molecule has 1 aliphatic carbocycles. The van der Waals surface area contributed by atoms with Gasteiger partial charge in [-0.15, -0.1) is 0 Å². The number of rotatable bonds is 7. The molecule has 0 saturated heterocycles. The van der Waals surface area contributed by atoms with Gasteiger partial charge in [-0.25, -0.2) is 0 Å². The van der Waals surface area contributed by atoms with Crippen molar-refractivity contribution in [1.82, 2.24) is 9.78 Å². The smallest absolute Gasteiger partial charge is 0.307 e. The molecule has 2 aromatic carbocycles. The van der Waals surface area contributed by atoms with E-state index in [2.05, 4.69) is 10.4 Å². The second kappa shape index (κ2) is 7.68. The Bertz CT molecular complexity index is 1060. The summed E-state index contributed by atoms with van der Waals surface area (Å²) in [6.07, 6.45) is 7.48. The molecule has 1 heterocycles. The van der Waals surface area contributed by atoms with Gasteiger partial charge in [0, 0.05) is 23.7 Å². The van der Waals surface area contributed by atoms with Crippen molar-refractivity contribution < 1.29 is 14.7 Å². The van der Waals surface area contributed by atoms with Crippen molar-refractivity contribution in [3.8, 4) is 0 Å². The number of anilines is 1. The number of aliphatic carboxylic acids is 1. The van der Waals surface area contributed by atoms with Crippen LogP contribution >= 0.6 is 0 Å². The van der Waals surface area contributed by atoms with Gasteiger partial charge in [0.15, 0.2) is 0 Å². The quantitative estimate of drug-likeness (QED) is 0.617. The number of carboxylic acid groups (broad SMARTS) is 1. The van der Waals surface area contributed by atoms with Crippen LogP contribution in [0.2, 0.25) is 0 Å². The van der Waals surface area contributed by atoms with Crippen molar-refractivity contribution in [2.24, 2.45) is 5.92 Å². The summed E-state index contributed by atoms with van der Waals surface area (Å²) in [5, 5.41) is 17.3. The molecule has 6 heteroatoms. The number of carbonyl (C=O) groups excluding carboxylic acids is 1. The lowest BCUT2D eigenvalue weighted by atomic mass is 10.1. The lowest BCUT2D eigenvalue weighted by Gasteiger charge is -2.07. The van der Waals surface area contributed by atoms with Gasteiger partial charge in [0.25, 0.3) is 0 Å². The number of para-hydroxylation sites is 1. The lowest BCUT2D eigenvalue weighted by Crippen LogP contribution is -2.11. The van der Waals surface area contributed by atoms with Gasteiger partial charge in [0.2, 0.25) is 5.91 Å².